The van der Waals surface area contributed by atoms with E-state index in [2.05, 4.69) is 23.5 Å². The summed E-state index contributed by atoms with van der Waals surface area (Å²) in [7, 11) is 2.05. The normalized spacial score (nSPS) is 30.2. The zero-order valence-electron chi connectivity index (χ0n) is 9.71. The van der Waals surface area contributed by atoms with Crippen LogP contribution in [0.3, 0.4) is 0 Å². The Balaban J connectivity index is 2.11. The van der Waals surface area contributed by atoms with Gasteiger partial charge in [0.25, 0.3) is 0 Å². The average molecular weight is 268 g/mol. The van der Waals surface area contributed by atoms with Crippen molar-refractivity contribution in [1.29, 1.82) is 0 Å². The van der Waals surface area contributed by atoms with Crippen LogP contribution in [0.1, 0.15) is 23.5 Å². The Bertz CT molecular complexity index is 481. The van der Waals surface area contributed by atoms with Crippen LogP contribution in [0.2, 0.25) is 10.0 Å². The number of fused-ring (bicyclic) bond motifs is 4. The molecule has 3 atom stereocenters. The molecule has 1 aromatic rings. The molecular weight excluding hydrogens is 253 g/mol. The van der Waals surface area contributed by atoms with Gasteiger partial charge < -0.3 is 5.32 Å². The van der Waals surface area contributed by atoms with Gasteiger partial charge in [0, 0.05) is 12.0 Å². The maximum atomic E-state index is 6.14. The first-order valence-corrected chi connectivity index (χ1v) is 6.78. The van der Waals surface area contributed by atoms with Gasteiger partial charge in [0.15, 0.2) is 0 Å². The molecule has 0 saturated carbocycles. The minimum absolute atomic E-state index is 0.532. The summed E-state index contributed by atoms with van der Waals surface area (Å²) in [6.07, 6.45) is 6.79. The smallest absolute Gasteiger partial charge is 0.0595 e. The van der Waals surface area contributed by atoms with E-state index in [0.717, 1.165) is 12.8 Å². The zero-order chi connectivity index (χ0) is 12.0. The number of likely N-dealkylation sites (N-methyl/N-ethyl adjacent to an activating group) is 1. The van der Waals surface area contributed by atoms with Crippen molar-refractivity contribution < 1.29 is 0 Å². The van der Waals surface area contributed by atoms with Crippen LogP contribution in [0.5, 0.6) is 0 Å². The molecule has 0 saturated heterocycles. The summed E-state index contributed by atoms with van der Waals surface area (Å²) in [6.45, 7) is 0. The maximum absolute atomic E-state index is 6.14. The molecule has 0 spiro atoms. The van der Waals surface area contributed by atoms with Crippen molar-refractivity contribution >= 4 is 23.2 Å². The zero-order valence-corrected chi connectivity index (χ0v) is 11.2. The van der Waals surface area contributed by atoms with E-state index < -0.39 is 0 Å². The molecule has 17 heavy (non-hydrogen) atoms. The molecule has 0 aliphatic heterocycles. The van der Waals surface area contributed by atoms with E-state index in [9.17, 15) is 0 Å². The Morgan fingerprint density at radius 1 is 1.24 bits per heavy atom. The van der Waals surface area contributed by atoms with Gasteiger partial charge in [-0.15, -0.1) is 0 Å². The van der Waals surface area contributed by atoms with Crippen molar-refractivity contribution in [3.8, 4) is 0 Å². The summed E-state index contributed by atoms with van der Waals surface area (Å²) in [6, 6.07) is 4.64. The van der Waals surface area contributed by atoms with Gasteiger partial charge in [0.2, 0.25) is 0 Å². The lowest BCUT2D eigenvalue weighted by atomic mass is 9.69. The molecule has 3 heteroatoms. The highest BCUT2D eigenvalue weighted by Crippen LogP contribution is 2.43. The molecule has 2 bridgehead atoms. The van der Waals surface area contributed by atoms with Crippen LogP contribution in [-0.2, 0) is 6.42 Å². The lowest BCUT2D eigenvalue weighted by molar-refractivity contribution is 0.330. The highest BCUT2D eigenvalue weighted by molar-refractivity contribution is 6.42. The molecule has 1 aromatic carbocycles. The van der Waals surface area contributed by atoms with Gasteiger partial charge in [-0.1, -0.05) is 35.4 Å². The minimum Gasteiger partial charge on any atom is -0.316 e. The van der Waals surface area contributed by atoms with E-state index in [4.69, 9.17) is 23.2 Å². The summed E-state index contributed by atoms with van der Waals surface area (Å²) >= 11 is 12.2. The molecule has 0 heterocycles. The van der Waals surface area contributed by atoms with E-state index in [0.29, 0.717) is 27.9 Å². The Morgan fingerprint density at radius 3 is 2.76 bits per heavy atom. The van der Waals surface area contributed by atoms with E-state index >= 15 is 0 Å². The van der Waals surface area contributed by atoms with E-state index in [-0.39, 0.29) is 0 Å². The van der Waals surface area contributed by atoms with Crippen LogP contribution in [0.15, 0.2) is 24.3 Å². The molecule has 3 rings (SSSR count). The van der Waals surface area contributed by atoms with Crippen molar-refractivity contribution in [2.24, 2.45) is 5.92 Å². The van der Waals surface area contributed by atoms with Gasteiger partial charge in [0.1, 0.15) is 0 Å². The van der Waals surface area contributed by atoms with Crippen LogP contribution in [-0.4, -0.2) is 13.1 Å². The van der Waals surface area contributed by atoms with Crippen molar-refractivity contribution in [3.05, 3.63) is 45.5 Å². The topological polar surface area (TPSA) is 12.0 Å². The molecule has 0 aromatic heterocycles. The monoisotopic (exact) mass is 267 g/mol. The molecular formula is C14H15Cl2N. The molecule has 2 aliphatic carbocycles. The Kier molecular flexibility index (Phi) is 2.94. The average Bonchev–Trinajstić information content (AvgIpc) is 2.32. The number of allylic oxidation sites excluding steroid dienone is 1. The quantitative estimate of drug-likeness (QED) is 0.764. The highest BCUT2D eigenvalue weighted by atomic mass is 35.5. The van der Waals surface area contributed by atoms with Crippen LogP contribution in [0, 0.1) is 5.92 Å². The molecule has 2 aliphatic rings. The van der Waals surface area contributed by atoms with Crippen LogP contribution < -0.4 is 5.32 Å². The van der Waals surface area contributed by atoms with Crippen LogP contribution in [0.4, 0.5) is 0 Å². The van der Waals surface area contributed by atoms with Crippen molar-refractivity contribution in [2.75, 3.05) is 7.05 Å². The van der Waals surface area contributed by atoms with Gasteiger partial charge in [0.05, 0.1) is 10.0 Å². The van der Waals surface area contributed by atoms with Gasteiger partial charge in [-0.25, -0.2) is 0 Å². The third-order valence-corrected chi connectivity index (χ3v) is 4.76. The van der Waals surface area contributed by atoms with E-state index in [1.54, 1.807) is 0 Å². The third-order valence-electron chi connectivity index (χ3n) is 4.04. The predicted molar refractivity (Wildman–Crippen MR) is 73.0 cm³/mol. The maximum Gasteiger partial charge on any atom is 0.0595 e. The first-order chi connectivity index (χ1) is 8.20. The summed E-state index contributed by atoms with van der Waals surface area (Å²) in [5.41, 5.74) is 2.74. The predicted octanol–water partition coefficient (Wildman–Crippen LogP) is 3.80. The summed E-state index contributed by atoms with van der Waals surface area (Å²) < 4.78 is 0. The molecule has 90 valence electrons. The summed E-state index contributed by atoms with van der Waals surface area (Å²) in [5.74, 6) is 1.12. The van der Waals surface area contributed by atoms with Crippen LogP contribution in [0.25, 0.3) is 0 Å². The standard InChI is InChI=1S/C14H15Cl2N/c1-17-14-8-3-2-4-10(14)11-7-13(16)12(15)6-9(11)5-8/h2-3,6-8,10,14,17H,4-5H2,1H3/t8-,10-,14+/m1/s1. The third kappa shape index (κ3) is 1.81. The number of halogens is 2. The molecule has 0 fully saturated rings. The lowest BCUT2D eigenvalue weighted by Crippen LogP contribution is -2.44. The number of benzene rings is 1. The number of rotatable bonds is 1. The fourth-order valence-corrected chi connectivity index (χ4v) is 3.63. The lowest BCUT2D eigenvalue weighted by Gasteiger charge is -2.41. The number of hydrogen-bond donors (Lipinski definition) is 1. The molecule has 1 nitrogen and oxygen atoms in total. The summed E-state index contributed by atoms with van der Waals surface area (Å²) in [4.78, 5) is 0. The fourth-order valence-electron chi connectivity index (χ4n) is 3.27. The van der Waals surface area contributed by atoms with Gasteiger partial charge in [-0.05, 0) is 49.1 Å². The van der Waals surface area contributed by atoms with Crippen molar-refractivity contribution in [3.63, 3.8) is 0 Å². The first-order valence-electron chi connectivity index (χ1n) is 6.02. The molecule has 0 amide bonds. The molecule has 1 N–H and O–H groups in total. The van der Waals surface area contributed by atoms with Gasteiger partial charge in [-0.2, -0.15) is 0 Å². The number of nitrogens with one attached hydrogen (secondary N) is 1. The van der Waals surface area contributed by atoms with E-state index in [1.807, 2.05) is 13.1 Å². The Labute approximate surface area is 112 Å². The highest BCUT2D eigenvalue weighted by Gasteiger charge is 2.36. The Morgan fingerprint density at radius 2 is 2.00 bits per heavy atom. The van der Waals surface area contributed by atoms with Crippen molar-refractivity contribution in [1.82, 2.24) is 5.32 Å². The van der Waals surface area contributed by atoms with Gasteiger partial charge >= 0.3 is 0 Å². The van der Waals surface area contributed by atoms with Crippen molar-refractivity contribution in [2.45, 2.75) is 24.8 Å². The number of hydrogen-bond acceptors (Lipinski definition) is 1. The second-order valence-electron chi connectivity index (χ2n) is 4.92. The largest absolute Gasteiger partial charge is 0.316 e. The Hall–Kier alpha value is -0.500. The van der Waals surface area contributed by atoms with E-state index in [1.165, 1.54) is 11.1 Å². The second-order valence-corrected chi connectivity index (χ2v) is 5.73. The fraction of sp³-hybridized carbons (Fsp3) is 0.429. The van der Waals surface area contributed by atoms with Crippen LogP contribution >= 0.6 is 23.2 Å². The minimum atomic E-state index is 0.532. The molecule has 0 radical (unpaired) electrons. The summed E-state index contributed by atoms with van der Waals surface area (Å²) in [5, 5.41) is 4.80. The second kappa shape index (κ2) is 4.31. The SMILES string of the molecule is CN[C@H]1[C@@H]2C=CC[C@@H]1c1cc(Cl)c(Cl)cc1C2. The van der Waals surface area contributed by atoms with Gasteiger partial charge in [-0.3, -0.25) is 0 Å². The molecule has 0 unspecified atom stereocenters. The first kappa shape index (κ1) is 11.6.